The van der Waals surface area contributed by atoms with Gasteiger partial charge in [0.1, 0.15) is 11.2 Å². The number of carboxylic acids is 1. The Balaban J connectivity index is 3.21. The van der Waals surface area contributed by atoms with Crippen molar-refractivity contribution in [3.05, 3.63) is 35.6 Å². The molecule has 3 N–H and O–H groups in total. The van der Waals surface area contributed by atoms with Crippen LogP contribution in [0.25, 0.3) is 0 Å². The molecule has 1 unspecified atom stereocenters. The highest BCUT2D eigenvalue weighted by molar-refractivity contribution is 5.81. The van der Waals surface area contributed by atoms with Gasteiger partial charge in [-0.05, 0) is 30.0 Å². The standard InChI is InChI=1S/C13H18FNO2/c1-9(2)7-13(8-15,12(16)17)10-3-5-11(14)6-4-10/h3-6,9H,7-8,15H2,1-2H3,(H,16,17). The lowest BCUT2D eigenvalue weighted by Crippen LogP contribution is -2.44. The molecule has 0 aliphatic heterocycles. The van der Waals surface area contributed by atoms with Crippen LogP contribution in [0.15, 0.2) is 24.3 Å². The molecule has 1 rings (SSSR count). The molecule has 0 fully saturated rings. The molecule has 0 bridgehead atoms. The maximum absolute atomic E-state index is 12.9. The number of hydrogen-bond acceptors (Lipinski definition) is 2. The third-order valence-corrected chi connectivity index (χ3v) is 2.91. The molecule has 0 aliphatic rings. The normalized spacial score (nSPS) is 14.6. The molecule has 0 saturated heterocycles. The molecule has 0 heterocycles. The Hall–Kier alpha value is -1.42. The molecule has 17 heavy (non-hydrogen) atoms. The molecule has 94 valence electrons. The van der Waals surface area contributed by atoms with Crippen LogP contribution in [-0.2, 0) is 10.2 Å². The van der Waals surface area contributed by atoms with E-state index in [9.17, 15) is 14.3 Å². The summed E-state index contributed by atoms with van der Waals surface area (Å²) in [5, 5.41) is 9.42. The van der Waals surface area contributed by atoms with Crippen molar-refractivity contribution in [3.63, 3.8) is 0 Å². The third kappa shape index (κ3) is 2.82. The number of carboxylic acid groups (broad SMARTS) is 1. The summed E-state index contributed by atoms with van der Waals surface area (Å²) in [5.74, 6) is -1.14. The molecule has 0 amide bonds. The van der Waals surface area contributed by atoms with Crippen LogP contribution < -0.4 is 5.73 Å². The molecular weight excluding hydrogens is 221 g/mol. The van der Waals surface area contributed by atoms with Gasteiger partial charge in [0.25, 0.3) is 0 Å². The number of nitrogens with two attached hydrogens (primary N) is 1. The van der Waals surface area contributed by atoms with E-state index in [1.807, 2.05) is 13.8 Å². The topological polar surface area (TPSA) is 63.3 Å². The van der Waals surface area contributed by atoms with Crippen molar-refractivity contribution in [3.8, 4) is 0 Å². The van der Waals surface area contributed by atoms with E-state index in [2.05, 4.69) is 0 Å². The van der Waals surface area contributed by atoms with E-state index in [1.165, 1.54) is 24.3 Å². The molecule has 1 atom stereocenters. The largest absolute Gasteiger partial charge is 0.481 e. The van der Waals surface area contributed by atoms with Gasteiger partial charge in [-0.1, -0.05) is 26.0 Å². The smallest absolute Gasteiger partial charge is 0.315 e. The number of halogens is 1. The van der Waals surface area contributed by atoms with Crippen LogP contribution >= 0.6 is 0 Å². The summed E-state index contributed by atoms with van der Waals surface area (Å²) in [6.45, 7) is 3.89. The van der Waals surface area contributed by atoms with Crippen LogP contribution in [0, 0.1) is 11.7 Å². The Kier molecular flexibility index (Phi) is 4.23. The van der Waals surface area contributed by atoms with Crippen LogP contribution in [0.3, 0.4) is 0 Å². The highest BCUT2D eigenvalue weighted by Gasteiger charge is 2.39. The van der Waals surface area contributed by atoms with Gasteiger partial charge < -0.3 is 10.8 Å². The van der Waals surface area contributed by atoms with Crippen molar-refractivity contribution >= 4 is 5.97 Å². The van der Waals surface area contributed by atoms with Gasteiger partial charge in [-0.2, -0.15) is 0 Å². The van der Waals surface area contributed by atoms with E-state index in [1.54, 1.807) is 0 Å². The van der Waals surface area contributed by atoms with Gasteiger partial charge in [0.2, 0.25) is 0 Å². The SMILES string of the molecule is CC(C)CC(CN)(C(=O)O)c1ccc(F)cc1. The molecule has 0 spiro atoms. The summed E-state index contributed by atoms with van der Waals surface area (Å²) >= 11 is 0. The van der Waals surface area contributed by atoms with Crippen LogP contribution in [0.2, 0.25) is 0 Å². The summed E-state index contributed by atoms with van der Waals surface area (Å²) < 4.78 is 12.9. The minimum atomic E-state index is -1.12. The highest BCUT2D eigenvalue weighted by atomic mass is 19.1. The Labute approximate surface area is 100 Å². The van der Waals surface area contributed by atoms with Gasteiger partial charge >= 0.3 is 5.97 Å². The zero-order chi connectivity index (χ0) is 13.1. The quantitative estimate of drug-likeness (QED) is 0.827. The van der Waals surface area contributed by atoms with E-state index in [4.69, 9.17) is 5.73 Å². The average Bonchev–Trinajstić information content (AvgIpc) is 2.26. The molecule has 4 heteroatoms. The van der Waals surface area contributed by atoms with Crippen molar-refractivity contribution in [1.82, 2.24) is 0 Å². The molecule has 0 aromatic heterocycles. The van der Waals surface area contributed by atoms with Crippen molar-refractivity contribution in [2.45, 2.75) is 25.7 Å². The lowest BCUT2D eigenvalue weighted by atomic mass is 9.74. The van der Waals surface area contributed by atoms with Crippen LogP contribution in [0.5, 0.6) is 0 Å². The maximum atomic E-state index is 12.9. The van der Waals surface area contributed by atoms with Crippen molar-refractivity contribution < 1.29 is 14.3 Å². The Morgan fingerprint density at radius 1 is 1.41 bits per heavy atom. The van der Waals surface area contributed by atoms with Crippen LogP contribution in [0.4, 0.5) is 4.39 Å². The predicted octanol–water partition coefficient (Wildman–Crippen LogP) is 2.15. The second-order valence-corrected chi connectivity index (χ2v) is 4.70. The first-order valence-corrected chi connectivity index (χ1v) is 5.62. The van der Waals surface area contributed by atoms with E-state index in [0.29, 0.717) is 12.0 Å². The van der Waals surface area contributed by atoms with Crippen LogP contribution in [0.1, 0.15) is 25.8 Å². The number of rotatable bonds is 5. The second kappa shape index (κ2) is 5.27. The maximum Gasteiger partial charge on any atom is 0.315 e. The van der Waals surface area contributed by atoms with Gasteiger partial charge in [-0.25, -0.2) is 4.39 Å². The number of carbonyl (C=O) groups is 1. The van der Waals surface area contributed by atoms with Gasteiger partial charge in [0.05, 0.1) is 0 Å². The molecule has 0 aliphatic carbocycles. The summed E-state index contributed by atoms with van der Waals surface area (Å²) in [5.41, 5.74) is 5.09. The first-order valence-electron chi connectivity index (χ1n) is 5.62. The number of hydrogen-bond donors (Lipinski definition) is 2. The first-order chi connectivity index (χ1) is 7.92. The average molecular weight is 239 g/mol. The van der Waals surface area contributed by atoms with Crippen molar-refractivity contribution in [1.29, 1.82) is 0 Å². The van der Waals surface area contributed by atoms with Gasteiger partial charge in [-0.3, -0.25) is 4.79 Å². The summed E-state index contributed by atoms with van der Waals surface area (Å²) in [4.78, 5) is 11.5. The predicted molar refractivity (Wildman–Crippen MR) is 64.2 cm³/mol. The van der Waals surface area contributed by atoms with E-state index in [-0.39, 0.29) is 18.3 Å². The summed E-state index contributed by atoms with van der Waals surface area (Å²) in [6, 6.07) is 5.53. The summed E-state index contributed by atoms with van der Waals surface area (Å²) in [7, 11) is 0. The number of benzene rings is 1. The second-order valence-electron chi connectivity index (χ2n) is 4.70. The monoisotopic (exact) mass is 239 g/mol. The fraction of sp³-hybridized carbons (Fsp3) is 0.462. The van der Waals surface area contributed by atoms with Gasteiger partial charge in [0.15, 0.2) is 0 Å². The minimum Gasteiger partial charge on any atom is -0.481 e. The fourth-order valence-corrected chi connectivity index (χ4v) is 2.08. The molecule has 3 nitrogen and oxygen atoms in total. The summed E-state index contributed by atoms with van der Waals surface area (Å²) in [6.07, 6.45) is 0.435. The number of aliphatic carboxylic acids is 1. The molecule has 1 aromatic carbocycles. The van der Waals surface area contributed by atoms with E-state index in [0.717, 1.165) is 0 Å². The Bertz CT molecular complexity index is 389. The molecular formula is C13H18FNO2. The molecule has 0 radical (unpaired) electrons. The van der Waals surface area contributed by atoms with Crippen LogP contribution in [-0.4, -0.2) is 17.6 Å². The van der Waals surface area contributed by atoms with E-state index < -0.39 is 11.4 Å². The third-order valence-electron chi connectivity index (χ3n) is 2.91. The van der Waals surface area contributed by atoms with Gasteiger partial charge in [0, 0.05) is 6.54 Å². The fourth-order valence-electron chi connectivity index (χ4n) is 2.08. The highest BCUT2D eigenvalue weighted by Crippen LogP contribution is 2.31. The lowest BCUT2D eigenvalue weighted by molar-refractivity contribution is -0.144. The van der Waals surface area contributed by atoms with Gasteiger partial charge in [-0.15, -0.1) is 0 Å². The lowest BCUT2D eigenvalue weighted by Gasteiger charge is -2.30. The molecule has 0 saturated carbocycles. The zero-order valence-electron chi connectivity index (χ0n) is 10.1. The zero-order valence-corrected chi connectivity index (χ0v) is 10.1. The van der Waals surface area contributed by atoms with Crippen molar-refractivity contribution in [2.75, 3.05) is 6.54 Å². The van der Waals surface area contributed by atoms with Crippen molar-refractivity contribution in [2.24, 2.45) is 11.7 Å². The first kappa shape index (κ1) is 13.6. The Morgan fingerprint density at radius 3 is 2.29 bits per heavy atom. The van der Waals surface area contributed by atoms with E-state index >= 15 is 0 Å². The Morgan fingerprint density at radius 2 is 1.94 bits per heavy atom. The minimum absolute atomic E-state index is 0.00610. The molecule has 1 aromatic rings.